The summed E-state index contributed by atoms with van der Waals surface area (Å²) in [6.45, 7) is 14.6. The van der Waals surface area contributed by atoms with Gasteiger partial charge in [0.25, 0.3) is 0 Å². The summed E-state index contributed by atoms with van der Waals surface area (Å²) >= 11 is 0. The molecule has 4 rings (SSSR count). The number of terminal acetylenes is 1. The summed E-state index contributed by atoms with van der Waals surface area (Å²) in [5.74, 6) is 8.61. The third-order valence-corrected chi connectivity index (χ3v) is 11.6. The van der Waals surface area contributed by atoms with E-state index >= 15 is 0 Å². The Morgan fingerprint density at radius 3 is 2.56 bits per heavy atom. The zero-order chi connectivity index (χ0) is 25.9. The quantitative estimate of drug-likeness (QED) is 0.195. The third-order valence-electron chi connectivity index (χ3n) is 11.6. The van der Waals surface area contributed by atoms with Gasteiger partial charge in [0.1, 0.15) is 0 Å². The van der Waals surface area contributed by atoms with E-state index in [-0.39, 0.29) is 5.91 Å². The molecule has 4 fully saturated rings. The fourth-order valence-electron chi connectivity index (χ4n) is 9.69. The van der Waals surface area contributed by atoms with Gasteiger partial charge in [-0.05, 0) is 117 Å². The predicted molar refractivity (Wildman–Crippen MR) is 149 cm³/mol. The van der Waals surface area contributed by atoms with Gasteiger partial charge in [-0.2, -0.15) is 0 Å². The molecule has 4 aliphatic carbocycles. The molecule has 0 saturated heterocycles. The van der Waals surface area contributed by atoms with Gasteiger partial charge in [-0.1, -0.05) is 47.1 Å². The fraction of sp³-hybridized carbons (Fsp3) is 0.848. The van der Waals surface area contributed by atoms with Gasteiger partial charge in [0.15, 0.2) is 0 Å². The van der Waals surface area contributed by atoms with Crippen LogP contribution in [0.4, 0.5) is 0 Å². The number of amides is 1. The van der Waals surface area contributed by atoms with Crippen LogP contribution in [0, 0.1) is 64.6 Å². The van der Waals surface area contributed by atoms with Crippen LogP contribution in [0.15, 0.2) is 12.7 Å². The second kappa shape index (κ2) is 11.6. The molecule has 1 N–H and O–H groups in total. The summed E-state index contributed by atoms with van der Waals surface area (Å²) in [7, 11) is 0. The molecule has 0 heterocycles. The highest BCUT2D eigenvalue weighted by Crippen LogP contribution is 2.68. The molecule has 202 valence electrons. The number of rotatable bonds is 10. The Hall–Kier alpha value is -1.27. The molecule has 0 radical (unpaired) electrons. The number of hydrogen-bond acceptors (Lipinski definition) is 2. The number of hydrogen-bond donors (Lipinski definition) is 1. The largest absolute Gasteiger partial charge is 0.376 e. The zero-order valence-electron chi connectivity index (χ0n) is 23.7. The first-order chi connectivity index (χ1) is 17.2. The van der Waals surface area contributed by atoms with E-state index in [1.54, 1.807) is 0 Å². The summed E-state index contributed by atoms with van der Waals surface area (Å²) in [5.41, 5.74) is 0.928. The van der Waals surface area contributed by atoms with Crippen molar-refractivity contribution in [1.82, 2.24) is 5.32 Å². The van der Waals surface area contributed by atoms with Gasteiger partial charge in [0.05, 0.1) is 12.7 Å². The van der Waals surface area contributed by atoms with Gasteiger partial charge in [-0.3, -0.25) is 4.79 Å². The van der Waals surface area contributed by atoms with E-state index in [0.717, 1.165) is 35.5 Å². The highest BCUT2D eigenvalue weighted by atomic mass is 16.5. The molecular weight excluding hydrogens is 442 g/mol. The number of nitrogens with one attached hydrogen (secondary N) is 1. The average molecular weight is 496 g/mol. The van der Waals surface area contributed by atoms with Gasteiger partial charge in [-0.25, -0.2) is 0 Å². The SMILES string of the molecule is C#C[C@H](CCCC(C)C)[C@H]1CCC2C3CCC4C[C@@H](OCCNC(=O)C=C)CC[C@]4(C)C3CC[C@@]21C. The summed E-state index contributed by atoms with van der Waals surface area (Å²) < 4.78 is 6.23. The number of ether oxygens (including phenoxy) is 1. The Morgan fingerprint density at radius 2 is 1.83 bits per heavy atom. The van der Waals surface area contributed by atoms with Crippen LogP contribution in [0.2, 0.25) is 0 Å². The maximum Gasteiger partial charge on any atom is 0.243 e. The van der Waals surface area contributed by atoms with Crippen molar-refractivity contribution in [2.24, 2.45) is 52.3 Å². The number of carbonyl (C=O) groups excluding carboxylic acids is 1. The summed E-state index contributed by atoms with van der Waals surface area (Å²) in [5, 5.41) is 2.84. The molecule has 0 aromatic rings. The highest BCUT2D eigenvalue weighted by Gasteiger charge is 2.60. The third kappa shape index (κ3) is 5.45. The lowest BCUT2D eigenvalue weighted by molar-refractivity contribution is -0.136. The first-order valence-corrected chi connectivity index (χ1v) is 15.2. The fourth-order valence-corrected chi connectivity index (χ4v) is 9.69. The normalized spacial score (nSPS) is 40.4. The molecule has 3 nitrogen and oxygen atoms in total. The van der Waals surface area contributed by atoms with E-state index in [1.807, 2.05) is 0 Å². The van der Waals surface area contributed by atoms with Crippen molar-refractivity contribution >= 4 is 5.91 Å². The van der Waals surface area contributed by atoms with Gasteiger partial charge >= 0.3 is 0 Å². The van der Waals surface area contributed by atoms with Crippen molar-refractivity contribution in [3.05, 3.63) is 12.7 Å². The van der Waals surface area contributed by atoms with Crippen LogP contribution < -0.4 is 5.32 Å². The second-order valence-electron chi connectivity index (χ2n) is 13.7. The monoisotopic (exact) mass is 495 g/mol. The standard InChI is InChI=1S/C33H53NO2/c1-7-24(11-9-10-23(3)4)28-14-15-29-27-13-12-25-22-26(36-21-20-34-31(35)8-2)16-18-32(25,5)30(27)17-19-33(28,29)6/h1,8,23-30H,2,9-22H2,3-6H3,(H,34,35)/t24-,25?,26+,27?,28-,29?,30?,32+,33-/m1/s1. The van der Waals surface area contributed by atoms with Crippen molar-refractivity contribution in [2.75, 3.05) is 13.2 Å². The van der Waals surface area contributed by atoms with Crippen molar-refractivity contribution in [3.63, 3.8) is 0 Å². The maximum absolute atomic E-state index is 11.4. The van der Waals surface area contributed by atoms with Crippen molar-refractivity contribution in [3.8, 4) is 12.3 Å². The summed E-state index contributed by atoms with van der Waals surface area (Å²) in [4.78, 5) is 11.4. The molecule has 3 heteroatoms. The zero-order valence-corrected chi connectivity index (χ0v) is 23.7. The van der Waals surface area contributed by atoms with E-state index in [1.165, 1.54) is 83.1 Å². The van der Waals surface area contributed by atoms with E-state index in [4.69, 9.17) is 11.2 Å². The van der Waals surface area contributed by atoms with Crippen LogP contribution in [-0.4, -0.2) is 25.2 Å². The van der Waals surface area contributed by atoms with Gasteiger partial charge in [0.2, 0.25) is 5.91 Å². The van der Waals surface area contributed by atoms with E-state index in [9.17, 15) is 4.79 Å². The molecule has 36 heavy (non-hydrogen) atoms. The molecule has 4 saturated carbocycles. The lowest BCUT2D eigenvalue weighted by atomic mass is 9.44. The highest BCUT2D eigenvalue weighted by molar-refractivity contribution is 5.86. The molecule has 0 aromatic heterocycles. The van der Waals surface area contributed by atoms with Crippen LogP contribution in [-0.2, 0) is 9.53 Å². The van der Waals surface area contributed by atoms with Crippen molar-refractivity contribution < 1.29 is 9.53 Å². The van der Waals surface area contributed by atoms with Crippen LogP contribution in [0.25, 0.3) is 0 Å². The van der Waals surface area contributed by atoms with E-state index in [2.05, 4.69) is 45.5 Å². The minimum absolute atomic E-state index is 0.115. The molecule has 0 spiro atoms. The smallest absolute Gasteiger partial charge is 0.243 e. The van der Waals surface area contributed by atoms with Gasteiger partial charge < -0.3 is 10.1 Å². The summed E-state index contributed by atoms with van der Waals surface area (Å²) in [6.07, 6.45) is 23.7. The Balaban J connectivity index is 1.36. The number of carbonyl (C=O) groups is 1. The number of fused-ring (bicyclic) bond motifs is 5. The van der Waals surface area contributed by atoms with Crippen LogP contribution in [0.5, 0.6) is 0 Å². The Kier molecular flexibility index (Phi) is 8.97. The van der Waals surface area contributed by atoms with Gasteiger partial charge in [-0.15, -0.1) is 12.3 Å². The molecule has 4 unspecified atom stereocenters. The Bertz CT molecular complexity index is 813. The van der Waals surface area contributed by atoms with E-state index < -0.39 is 0 Å². The van der Waals surface area contributed by atoms with Crippen molar-refractivity contribution in [2.45, 2.75) is 111 Å². The second-order valence-corrected chi connectivity index (χ2v) is 13.7. The molecule has 9 atom stereocenters. The molecule has 0 aromatic carbocycles. The molecule has 4 aliphatic rings. The predicted octanol–water partition coefficient (Wildman–Crippen LogP) is 7.41. The molecule has 1 amide bonds. The molecular formula is C33H53NO2. The minimum atomic E-state index is -0.115. The lowest BCUT2D eigenvalue weighted by Crippen LogP contribution is -2.54. The average Bonchev–Trinajstić information content (AvgIpc) is 3.21. The van der Waals surface area contributed by atoms with Crippen LogP contribution >= 0.6 is 0 Å². The van der Waals surface area contributed by atoms with E-state index in [0.29, 0.717) is 36.0 Å². The lowest BCUT2D eigenvalue weighted by Gasteiger charge is -2.61. The van der Waals surface area contributed by atoms with Crippen LogP contribution in [0.1, 0.15) is 105 Å². The maximum atomic E-state index is 11.4. The van der Waals surface area contributed by atoms with Crippen LogP contribution in [0.3, 0.4) is 0 Å². The summed E-state index contributed by atoms with van der Waals surface area (Å²) in [6, 6.07) is 0. The minimum Gasteiger partial charge on any atom is -0.376 e. The Morgan fingerprint density at radius 1 is 1.08 bits per heavy atom. The van der Waals surface area contributed by atoms with Crippen molar-refractivity contribution in [1.29, 1.82) is 0 Å². The molecule has 0 bridgehead atoms. The molecule has 0 aliphatic heterocycles. The topological polar surface area (TPSA) is 38.3 Å². The van der Waals surface area contributed by atoms with Gasteiger partial charge in [0, 0.05) is 12.5 Å². The first-order valence-electron chi connectivity index (χ1n) is 15.2. The first kappa shape index (κ1) is 27.8. The Labute approximate surface area is 222 Å².